The third-order valence-corrected chi connectivity index (χ3v) is 7.60. The normalized spacial score (nSPS) is 25.4. The molecule has 2 aliphatic heterocycles. The molecule has 1 aromatic carbocycles. The van der Waals surface area contributed by atoms with Crippen molar-refractivity contribution < 1.29 is 76.3 Å². The minimum Gasteiger partial charge on any atom is -0.467 e. The van der Waals surface area contributed by atoms with E-state index < -0.39 is 115 Å². The van der Waals surface area contributed by atoms with Crippen molar-refractivity contribution >= 4 is 47.8 Å². The van der Waals surface area contributed by atoms with Gasteiger partial charge >= 0.3 is 41.9 Å². The second-order valence-electron chi connectivity index (χ2n) is 11.5. The number of nitrogens with one attached hydrogen (secondary N) is 2. The summed E-state index contributed by atoms with van der Waals surface area (Å²) in [6.07, 6.45) is -10.0. The lowest BCUT2D eigenvalue weighted by atomic mass is 9.79. The highest BCUT2D eigenvalue weighted by atomic mass is 16.7. The molecule has 8 atom stereocenters. The number of rotatable bonds is 13. The van der Waals surface area contributed by atoms with Gasteiger partial charge in [-0.2, -0.15) is 0 Å². The van der Waals surface area contributed by atoms with E-state index in [2.05, 4.69) is 10.6 Å². The number of benzene rings is 1. The Hall–Kier alpha value is -5.26. The Labute approximate surface area is 286 Å². The van der Waals surface area contributed by atoms with E-state index in [9.17, 15) is 38.4 Å². The van der Waals surface area contributed by atoms with Gasteiger partial charge in [-0.25, -0.2) is 14.4 Å². The maximum Gasteiger partial charge on any atom is 0.408 e. The third kappa shape index (κ3) is 10.4. The average molecular weight is 709 g/mol. The molecule has 2 aliphatic rings. The zero-order valence-electron chi connectivity index (χ0n) is 28.3. The lowest BCUT2D eigenvalue weighted by Gasteiger charge is -2.50. The molecule has 2 N–H and O–H groups in total. The van der Waals surface area contributed by atoms with Crippen LogP contribution >= 0.6 is 0 Å². The maximum absolute atomic E-state index is 13.7. The number of hydrogen-bond donors (Lipinski definition) is 2. The molecule has 1 aromatic rings. The van der Waals surface area contributed by atoms with Gasteiger partial charge in [0.15, 0.2) is 12.2 Å². The summed E-state index contributed by atoms with van der Waals surface area (Å²) < 4.78 is 43.7. The Morgan fingerprint density at radius 3 is 2.10 bits per heavy atom. The third-order valence-electron chi connectivity index (χ3n) is 7.60. The molecule has 0 spiro atoms. The molecular weight excluding hydrogens is 668 g/mol. The van der Waals surface area contributed by atoms with Crippen LogP contribution in [0.2, 0.25) is 0 Å². The van der Waals surface area contributed by atoms with Crippen molar-refractivity contribution in [3.63, 3.8) is 0 Å². The fraction of sp³-hybridized carbons (Fsp3) is 0.562. The summed E-state index contributed by atoms with van der Waals surface area (Å²) in [5, 5.41) is 4.94. The number of ether oxygens (including phenoxy) is 8. The lowest BCUT2D eigenvalue weighted by molar-refractivity contribution is -0.259. The molecule has 3 rings (SSSR count). The summed E-state index contributed by atoms with van der Waals surface area (Å²) in [7, 11) is 1.00. The fourth-order valence-electron chi connectivity index (χ4n) is 5.70. The van der Waals surface area contributed by atoms with Gasteiger partial charge in [0.2, 0.25) is 11.5 Å². The Morgan fingerprint density at radius 2 is 1.54 bits per heavy atom. The first-order valence-corrected chi connectivity index (χ1v) is 15.4. The standard InChI is InChI=1S/C32H40N2O16/c1-16(35)33-26-23(46-18(3)37)13-32(30(41)43-6,50-28(26)27(48-20(5)39)24(47-19(4)38)15-44-17(2)36)25-12-22(29(40)49-25)34-31(42)45-14-21-10-8-7-9-11-21/h7-11,22-28H,12-15H2,1-6H3,(H,33,35)(H,34,42)/t22-,23-,24-,25?,26+,27+,28+,32-/m0/s1. The number of alkyl carbamates (subject to hydrolysis) is 1. The van der Waals surface area contributed by atoms with E-state index in [1.165, 1.54) is 0 Å². The Kier molecular flexibility index (Phi) is 13.6. The summed E-state index contributed by atoms with van der Waals surface area (Å²) in [5.74, 6) is -6.32. The molecule has 0 saturated carbocycles. The number of carbonyl (C=O) groups is 8. The monoisotopic (exact) mass is 708 g/mol. The first-order valence-electron chi connectivity index (χ1n) is 15.4. The van der Waals surface area contributed by atoms with Gasteiger partial charge in [0.25, 0.3) is 0 Å². The topological polar surface area (TPSA) is 234 Å². The SMILES string of the molecule is COC(=O)[C@@]1(C2C[C@H](NC(=O)OCc3ccccc3)C(=O)O2)C[C@H](OC(C)=O)[C@@H](NC(C)=O)[C@H]([C@H](OC(C)=O)[C@H](COC(C)=O)OC(C)=O)O1. The predicted molar refractivity (Wildman–Crippen MR) is 163 cm³/mol. The molecule has 50 heavy (non-hydrogen) atoms. The molecule has 18 nitrogen and oxygen atoms in total. The minimum atomic E-state index is -2.35. The smallest absolute Gasteiger partial charge is 0.408 e. The van der Waals surface area contributed by atoms with Crippen LogP contribution < -0.4 is 10.6 Å². The quantitative estimate of drug-likeness (QED) is 0.205. The molecule has 0 radical (unpaired) electrons. The van der Waals surface area contributed by atoms with Gasteiger partial charge in [-0.3, -0.25) is 24.0 Å². The van der Waals surface area contributed by atoms with Crippen LogP contribution in [0.3, 0.4) is 0 Å². The van der Waals surface area contributed by atoms with Gasteiger partial charge in [-0.05, 0) is 5.56 Å². The molecule has 2 amide bonds. The van der Waals surface area contributed by atoms with E-state index in [-0.39, 0.29) is 6.61 Å². The number of amides is 2. The van der Waals surface area contributed by atoms with Crippen LogP contribution in [-0.2, 0) is 78.1 Å². The second-order valence-corrected chi connectivity index (χ2v) is 11.5. The summed E-state index contributed by atoms with van der Waals surface area (Å²) in [5.41, 5.74) is -1.68. The van der Waals surface area contributed by atoms with Crippen LogP contribution in [0, 0.1) is 0 Å². The highest BCUT2D eigenvalue weighted by Crippen LogP contribution is 2.42. The number of esters is 6. The van der Waals surface area contributed by atoms with Gasteiger partial charge in [-0.1, -0.05) is 30.3 Å². The predicted octanol–water partition coefficient (Wildman–Crippen LogP) is 0.161. The van der Waals surface area contributed by atoms with Gasteiger partial charge < -0.3 is 48.5 Å². The molecule has 18 heteroatoms. The number of methoxy groups -OCH3 is 1. The maximum atomic E-state index is 13.7. The minimum absolute atomic E-state index is 0.113. The molecule has 274 valence electrons. The van der Waals surface area contributed by atoms with Crippen LogP contribution in [0.4, 0.5) is 4.79 Å². The summed E-state index contributed by atoms with van der Waals surface area (Å²) in [6.45, 7) is 4.48. The van der Waals surface area contributed by atoms with Gasteiger partial charge in [0.05, 0.1) is 13.2 Å². The molecule has 0 bridgehead atoms. The van der Waals surface area contributed by atoms with Crippen molar-refractivity contribution in [3.05, 3.63) is 35.9 Å². The van der Waals surface area contributed by atoms with Crippen molar-refractivity contribution in [1.82, 2.24) is 10.6 Å². The molecule has 0 aliphatic carbocycles. The number of cyclic esters (lactones) is 1. The first-order chi connectivity index (χ1) is 23.6. The second kappa shape index (κ2) is 17.4. The first kappa shape index (κ1) is 39.2. The van der Waals surface area contributed by atoms with Crippen molar-refractivity contribution in [1.29, 1.82) is 0 Å². The largest absolute Gasteiger partial charge is 0.467 e. The fourth-order valence-corrected chi connectivity index (χ4v) is 5.70. The zero-order chi connectivity index (χ0) is 37.2. The van der Waals surface area contributed by atoms with Crippen molar-refractivity contribution in [2.24, 2.45) is 0 Å². The van der Waals surface area contributed by atoms with Gasteiger partial charge in [-0.15, -0.1) is 0 Å². The highest BCUT2D eigenvalue weighted by molar-refractivity contribution is 5.86. The Bertz CT molecular complexity index is 1450. The summed E-state index contributed by atoms with van der Waals surface area (Å²) >= 11 is 0. The lowest BCUT2D eigenvalue weighted by Crippen LogP contribution is -2.71. The number of carbonyl (C=O) groups excluding carboxylic acids is 8. The van der Waals surface area contributed by atoms with Crippen LogP contribution in [0.5, 0.6) is 0 Å². The van der Waals surface area contributed by atoms with E-state index in [1.54, 1.807) is 30.3 Å². The van der Waals surface area contributed by atoms with Crippen molar-refractivity contribution in [3.8, 4) is 0 Å². The zero-order valence-corrected chi connectivity index (χ0v) is 28.3. The molecular formula is C32H40N2O16. The summed E-state index contributed by atoms with van der Waals surface area (Å²) in [6, 6.07) is 5.95. The molecule has 2 fully saturated rings. The molecule has 2 saturated heterocycles. The van der Waals surface area contributed by atoms with Gasteiger partial charge in [0, 0.05) is 47.5 Å². The highest BCUT2D eigenvalue weighted by Gasteiger charge is 2.64. The Balaban J connectivity index is 2.07. The van der Waals surface area contributed by atoms with E-state index in [4.69, 9.17) is 37.9 Å². The van der Waals surface area contributed by atoms with Gasteiger partial charge in [0.1, 0.15) is 37.6 Å². The molecule has 1 unspecified atom stereocenters. The van der Waals surface area contributed by atoms with Crippen LogP contribution in [0.25, 0.3) is 0 Å². The molecule has 0 aromatic heterocycles. The van der Waals surface area contributed by atoms with Crippen LogP contribution in [-0.4, -0.2) is 110 Å². The van der Waals surface area contributed by atoms with Crippen molar-refractivity contribution in [2.75, 3.05) is 13.7 Å². The van der Waals surface area contributed by atoms with E-state index >= 15 is 0 Å². The van der Waals surface area contributed by atoms with Crippen LogP contribution in [0.1, 0.15) is 53.0 Å². The average Bonchev–Trinajstić information content (AvgIpc) is 3.41. The van der Waals surface area contributed by atoms with E-state index in [1.807, 2.05) is 0 Å². The van der Waals surface area contributed by atoms with Crippen LogP contribution in [0.15, 0.2) is 30.3 Å². The number of hydrogen-bond acceptors (Lipinski definition) is 16. The molecule has 2 heterocycles. The van der Waals surface area contributed by atoms with E-state index in [0.29, 0.717) is 5.56 Å². The summed E-state index contributed by atoms with van der Waals surface area (Å²) in [4.78, 5) is 101. The van der Waals surface area contributed by atoms with E-state index in [0.717, 1.165) is 41.7 Å². The Morgan fingerprint density at radius 1 is 0.880 bits per heavy atom. The van der Waals surface area contributed by atoms with Crippen molar-refractivity contribution in [2.45, 2.75) is 102 Å².